The van der Waals surface area contributed by atoms with E-state index in [-0.39, 0.29) is 17.2 Å². The van der Waals surface area contributed by atoms with Crippen LogP contribution in [0.15, 0.2) is 23.1 Å². The topological polar surface area (TPSA) is 52.6 Å². The predicted octanol–water partition coefficient (Wildman–Crippen LogP) is 2.65. The number of hydrogen-bond donors (Lipinski definition) is 0. The standard InChI is InChI=1S/C14H20O4S2/c1-17-12(15)10-5-6-14(7-8-19-3,13(16)18-2)11(9-10)20-4/h7-9,11H,5-6H2,1-4H3/b8-7-/t11-,14+/m1/s1. The highest BCUT2D eigenvalue weighted by Gasteiger charge is 2.46. The second-order valence-electron chi connectivity index (χ2n) is 4.41. The number of ether oxygens (including phenoxy) is 2. The van der Waals surface area contributed by atoms with Gasteiger partial charge in [-0.1, -0.05) is 12.2 Å². The van der Waals surface area contributed by atoms with E-state index in [9.17, 15) is 9.59 Å². The highest BCUT2D eigenvalue weighted by atomic mass is 32.2. The molecule has 1 rings (SSSR count). The quantitative estimate of drug-likeness (QED) is 0.727. The molecule has 1 aliphatic carbocycles. The summed E-state index contributed by atoms with van der Waals surface area (Å²) < 4.78 is 9.75. The lowest BCUT2D eigenvalue weighted by Gasteiger charge is -2.37. The summed E-state index contributed by atoms with van der Waals surface area (Å²) in [6.07, 6.45) is 8.65. The minimum absolute atomic E-state index is 0.138. The molecule has 0 N–H and O–H groups in total. The summed E-state index contributed by atoms with van der Waals surface area (Å²) in [5.74, 6) is -0.585. The number of thioether (sulfide) groups is 2. The fraction of sp³-hybridized carbons (Fsp3) is 0.571. The number of esters is 2. The third-order valence-corrected chi connectivity index (χ3v) is 4.91. The fourth-order valence-corrected chi connectivity index (χ4v) is 3.71. The lowest BCUT2D eigenvalue weighted by atomic mass is 9.74. The van der Waals surface area contributed by atoms with E-state index in [1.54, 1.807) is 0 Å². The Bertz CT molecular complexity index is 431. The molecule has 1 aliphatic rings. The Kier molecular flexibility index (Phi) is 6.68. The van der Waals surface area contributed by atoms with Gasteiger partial charge in [0.25, 0.3) is 0 Å². The van der Waals surface area contributed by atoms with Crippen LogP contribution in [0.2, 0.25) is 0 Å². The van der Waals surface area contributed by atoms with Crippen molar-refractivity contribution in [2.45, 2.75) is 18.1 Å². The molecule has 0 aromatic carbocycles. The number of methoxy groups -OCH3 is 2. The number of hydrogen-bond acceptors (Lipinski definition) is 6. The first-order chi connectivity index (χ1) is 9.55. The van der Waals surface area contributed by atoms with Crippen LogP contribution >= 0.6 is 23.5 Å². The van der Waals surface area contributed by atoms with Crippen LogP contribution in [0.4, 0.5) is 0 Å². The largest absolute Gasteiger partial charge is 0.468 e. The number of carbonyl (C=O) groups is 2. The van der Waals surface area contributed by atoms with Gasteiger partial charge in [-0.15, -0.1) is 11.8 Å². The van der Waals surface area contributed by atoms with Crippen LogP contribution in [0, 0.1) is 5.41 Å². The Morgan fingerprint density at radius 3 is 2.55 bits per heavy atom. The van der Waals surface area contributed by atoms with E-state index in [1.165, 1.54) is 37.7 Å². The molecule has 0 unspecified atom stereocenters. The van der Waals surface area contributed by atoms with E-state index in [0.29, 0.717) is 18.4 Å². The summed E-state index contributed by atoms with van der Waals surface area (Å²) in [4.78, 5) is 23.9. The van der Waals surface area contributed by atoms with Crippen LogP contribution in [0.5, 0.6) is 0 Å². The monoisotopic (exact) mass is 316 g/mol. The molecular weight excluding hydrogens is 296 g/mol. The van der Waals surface area contributed by atoms with Crippen molar-refractivity contribution in [3.63, 3.8) is 0 Å². The maximum atomic E-state index is 12.3. The number of carbonyl (C=O) groups excluding carboxylic acids is 2. The first-order valence-electron chi connectivity index (χ1n) is 6.16. The van der Waals surface area contributed by atoms with Crippen LogP contribution in [0.3, 0.4) is 0 Å². The smallest absolute Gasteiger partial charge is 0.333 e. The lowest BCUT2D eigenvalue weighted by molar-refractivity contribution is -0.150. The van der Waals surface area contributed by atoms with Crippen LogP contribution in [-0.2, 0) is 19.1 Å². The zero-order chi connectivity index (χ0) is 15.2. The van der Waals surface area contributed by atoms with Gasteiger partial charge in [0.15, 0.2) is 0 Å². The van der Waals surface area contributed by atoms with Gasteiger partial charge in [-0.05, 0) is 30.8 Å². The average Bonchev–Trinajstić information content (AvgIpc) is 2.50. The maximum absolute atomic E-state index is 12.3. The molecule has 0 radical (unpaired) electrons. The third kappa shape index (κ3) is 3.41. The molecule has 0 spiro atoms. The molecular formula is C14H20O4S2. The summed E-state index contributed by atoms with van der Waals surface area (Å²) in [5, 5.41) is 1.76. The highest BCUT2D eigenvalue weighted by Crippen LogP contribution is 2.44. The van der Waals surface area contributed by atoms with Gasteiger partial charge in [0.05, 0.1) is 14.2 Å². The first kappa shape index (κ1) is 17.2. The van der Waals surface area contributed by atoms with Crippen molar-refractivity contribution in [3.05, 3.63) is 23.1 Å². The van der Waals surface area contributed by atoms with Gasteiger partial charge in [0.2, 0.25) is 0 Å². The maximum Gasteiger partial charge on any atom is 0.333 e. The molecule has 0 aromatic rings. The summed E-state index contributed by atoms with van der Waals surface area (Å²) >= 11 is 3.07. The Hall–Kier alpha value is -0.880. The van der Waals surface area contributed by atoms with Crippen molar-refractivity contribution in [1.82, 2.24) is 0 Å². The molecule has 0 saturated carbocycles. The van der Waals surface area contributed by atoms with Crippen molar-refractivity contribution >= 4 is 35.5 Å². The Balaban J connectivity index is 3.19. The van der Waals surface area contributed by atoms with Gasteiger partial charge in [-0.3, -0.25) is 4.79 Å². The van der Waals surface area contributed by atoms with E-state index in [0.717, 1.165) is 0 Å². The highest BCUT2D eigenvalue weighted by molar-refractivity contribution is 8.01. The van der Waals surface area contributed by atoms with Gasteiger partial charge in [0.1, 0.15) is 5.41 Å². The third-order valence-electron chi connectivity index (χ3n) is 3.44. The fourth-order valence-electron chi connectivity index (χ4n) is 2.32. The first-order valence-corrected chi connectivity index (χ1v) is 8.74. The molecule has 20 heavy (non-hydrogen) atoms. The van der Waals surface area contributed by atoms with E-state index >= 15 is 0 Å². The summed E-state index contributed by atoms with van der Waals surface area (Å²) in [6.45, 7) is 0. The van der Waals surface area contributed by atoms with E-state index < -0.39 is 5.41 Å². The molecule has 0 aliphatic heterocycles. The van der Waals surface area contributed by atoms with Crippen molar-refractivity contribution in [2.75, 3.05) is 26.7 Å². The lowest BCUT2D eigenvalue weighted by Crippen LogP contribution is -2.42. The van der Waals surface area contributed by atoms with Gasteiger partial charge in [-0.2, -0.15) is 11.8 Å². The summed E-state index contributed by atoms with van der Waals surface area (Å²) in [6, 6.07) is 0. The van der Waals surface area contributed by atoms with Crippen LogP contribution in [-0.4, -0.2) is 43.9 Å². The van der Waals surface area contributed by atoms with Crippen molar-refractivity contribution < 1.29 is 19.1 Å². The summed E-state index contributed by atoms with van der Waals surface area (Å²) in [7, 11) is 2.76. The second-order valence-corrected chi connectivity index (χ2v) is 6.13. The molecule has 6 heteroatoms. The molecule has 112 valence electrons. The minimum atomic E-state index is -0.714. The normalized spacial score (nSPS) is 26.2. The molecule has 0 fully saturated rings. The molecule has 0 saturated heterocycles. The van der Waals surface area contributed by atoms with Crippen molar-refractivity contribution in [1.29, 1.82) is 0 Å². The molecule has 0 heterocycles. The van der Waals surface area contributed by atoms with Crippen LogP contribution < -0.4 is 0 Å². The van der Waals surface area contributed by atoms with Crippen molar-refractivity contribution in [2.24, 2.45) is 5.41 Å². The molecule has 0 aromatic heterocycles. The zero-order valence-corrected chi connectivity index (χ0v) is 13.8. The van der Waals surface area contributed by atoms with Crippen molar-refractivity contribution in [3.8, 4) is 0 Å². The van der Waals surface area contributed by atoms with E-state index in [4.69, 9.17) is 9.47 Å². The Labute approximate surface area is 128 Å². The van der Waals surface area contributed by atoms with Crippen LogP contribution in [0.25, 0.3) is 0 Å². The Morgan fingerprint density at radius 2 is 2.05 bits per heavy atom. The van der Waals surface area contributed by atoms with Crippen LogP contribution in [0.1, 0.15) is 12.8 Å². The van der Waals surface area contributed by atoms with Gasteiger partial charge in [-0.25, -0.2) is 4.79 Å². The second kappa shape index (κ2) is 7.78. The predicted molar refractivity (Wildman–Crippen MR) is 83.7 cm³/mol. The van der Waals surface area contributed by atoms with Gasteiger partial charge >= 0.3 is 11.9 Å². The van der Waals surface area contributed by atoms with Gasteiger partial charge < -0.3 is 9.47 Å². The SMILES string of the molecule is COC(=O)C1=C[C@@H](SC)[C@](/C=C\SC)(C(=O)OC)CC1. The van der Waals surface area contributed by atoms with Gasteiger partial charge in [0, 0.05) is 10.8 Å². The summed E-state index contributed by atoms with van der Waals surface area (Å²) in [5.41, 5.74) is -0.0850. The van der Waals surface area contributed by atoms with E-state index in [1.807, 2.05) is 30.1 Å². The Morgan fingerprint density at radius 1 is 1.35 bits per heavy atom. The number of rotatable bonds is 5. The molecule has 4 nitrogen and oxygen atoms in total. The molecule has 2 atom stereocenters. The minimum Gasteiger partial charge on any atom is -0.468 e. The average molecular weight is 316 g/mol. The van der Waals surface area contributed by atoms with E-state index in [2.05, 4.69) is 0 Å². The molecule has 0 bridgehead atoms. The zero-order valence-electron chi connectivity index (χ0n) is 12.2. The molecule has 0 amide bonds.